The Balaban J connectivity index is 0.00000165. The van der Waals surface area contributed by atoms with Crippen LogP contribution in [0.5, 0.6) is 0 Å². The molecule has 1 aromatic carbocycles. The summed E-state index contributed by atoms with van der Waals surface area (Å²) in [6, 6.07) is 3.12. The second-order valence-electron chi connectivity index (χ2n) is 7.81. The smallest absolute Gasteiger partial charge is 0.336 e. The summed E-state index contributed by atoms with van der Waals surface area (Å²) in [4.78, 5) is 23.1. The maximum absolute atomic E-state index is 11.7. The molecule has 0 spiro atoms. The van der Waals surface area contributed by atoms with Crippen LogP contribution < -0.4 is 0 Å². The highest BCUT2D eigenvalue weighted by Crippen LogP contribution is 2.29. The standard InChI is InChI=1S/C18H26O4S2.C2H6O2/c1-17(2,23)9-7-11-5-6-13(15(19)20)14(16(21)22)12(11)8-10-18(3,4)24;3-1-2-4/h5-6,23-24H,7-10H2,1-4H3,(H,19,20)(H,21,22);3-4H,1-2H2. The van der Waals surface area contributed by atoms with Crippen LogP contribution in [-0.2, 0) is 12.8 Å². The third-order valence-electron chi connectivity index (χ3n) is 3.95. The minimum absolute atomic E-state index is 0.102. The average Bonchev–Trinajstić information content (AvgIpc) is 2.56. The highest BCUT2D eigenvalue weighted by Gasteiger charge is 2.25. The lowest BCUT2D eigenvalue weighted by molar-refractivity contribution is 0.0650. The van der Waals surface area contributed by atoms with Gasteiger partial charge in [-0.2, -0.15) is 25.3 Å². The van der Waals surface area contributed by atoms with Crippen molar-refractivity contribution < 1.29 is 30.0 Å². The number of carbonyl (C=O) groups is 2. The minimum Gasteiger partial charge on any atom is -0.478 e. The summed E-state index contributed by atoms with van der Waals surface area (Å²) < 4.78 is -0.454. The number of benzene rings is 1. The molecule has 0 aliphatic carbocycles. The molecule has 0 fully saturated rings. The van der Waals surface area contributed by atoms with E-state index in [9.17, 15) is 19.8 Å². The van der Waals surface area contributed by atoms with Gasteiger partial charge in [0.15, 0.2) is 0 Å². The van der Waals surface area contributed by atoms with Crippen molar-refractivity contribution in [2.24, 2.45) is 0 Å². The van der Waals surface area contributed by atoms with Crippen LogP contribution in [-0.4, -0.2) is 55.1 Å². The maximum atomic E-state index is 11.7. The number of thiol groups is 2. The molecule has 0 aliphatic rings. The van der Waals surface area contributed by atoms with Gasteiger partial charge < -0.3 is 20.4 Å². The van der Waals surface area contributed by atoms with E-state index in [-0.39, 0.29) is 33.8 Å². The molecular weight excluding hydrogens is 400 g/mol. The molecule has 0 saturated heterocycles. The quantitative estimate of drug-likeness (QED) is 0.334. The van der Waals surface area contributed by atoms with Crippen molar-refractivity contribution in [1.82, 2.24) is 0 Å². The van der Waals surface area contributed by atoms with Crippen LogP contribution in [0.4, 0.5) is 0 Å². The number of hydrogen-bond donors (Lipinski definition) is 6. The fraction of sp³-hybridized carbons (Fsp3) is 0.600. The van der Waals surface area contributed by atoms with Crippen molar-refractivity contribution in [3.05, 3.63) is 34.4 Å². The van der Waals surface area contributed by atoms with E-state index < -0.39 is 11.9 Å². The fourth-order valence-corrected chi connectivity index (χ4v) is 2.73. The van der Waals surface area contributed by atoms with E-state index in [1.807, 2.05) is 27.7 Å². The van der Waals surface area contributed by atoms with E-state index in [2.05, 4.69) is 25.3 Å². The Morgan fingerprint density at radius 2 is 1.32 bits per heavy atom. The summed E-state index contributed by atoms with van der Waals surface area (Å²) in [6.07, 6.45) is 2.54. The molecule has 0 amide bonds. The summed E-state index contributed by atoms with van der Waals surface area (Å²) in [5.74, 6) is -2.42. The lowest BCUT2D eigenvalue weighted by Gasteiger charge is -2.22. The molecule has 4 N–H and O–H groups in total. The Bertz CT molecular complexity index is 658. The van der Waals surface area contributed by atoms with Crippen molar-refractivity contribution in [3.8, 4) is 0 Å². The molecule has 0 unspecified atom stereocenters. The van der Waals surface area contributed by atoms with Crippen molar-refractivity contribution in [1.29, 1.82) is 0 Å². The van der Waals surface area contributed by atoms with Crippen LogP contribution in [0, 0.1) is 0 Å². The summed E-state index contributed by atoms with van der Waals surface area (Å²) in [6.45, 7) is 7.65. The van der Waals surface area contributed by atoms with Gasteiger partial charge in [-0.15, -0.1) is 0 Å². The Hall–Kier alpha value is -1.22. The molecule has 0 aliphatic heterocycles. The van der Waals surface area contributed by atoms with Gasteiger partial charge in [0.25, 0.3) is 0 Å². The lowest BCUT2D eigenvalue weighted by atomic mass is 9.87. The topological polar surface area (TPSA) is 115 Å². The fourth-order valence-electron chi connectivity index (χ4n) is 2.50. The van der Waals surface area contributed by atoms with Gasteiger partial charge in [-0.25, -0.2) is 9.59 Å². The third-order valence-corrected chi connectivity index (χ3v) is 4.39. The van der Waals surface area contributed by atoms with Gasteiger partial charge in [0, 0.05) is 9.49 Å². The van der Waals surface area contributed by atoms with E-state index in [1.54, 1.807) is 6.07 Å². The van der Waals surface area contributed by atoms with Crippen LogP contribution >= 0.6 is 25.3 Å². The monoisotopic (exact) mass is 432 g/mol. The SMILES string of the molecule is CC(C)(S)CCc1ccc(C(=O)O)c(C(=O)O)c1CCC(C)(C)S.OCCO. The predicted molar refractivity (Wildman–Crippen MR) is 117 cm³/mol. The molecule has 6 nitrogen and oxygen atoms in total. The molecule has 28 heavy (non-hydrogen) atoms. The van der Waals surface area contributed by atoms with Crippen LogP contribution in [0.2, 0.25) is 0 Å². The molecule has 0 heterocycles. The van der Waals surface area contributed by atoms with Crippen molar-refractivity contribution >= 4 is 37.2 Å². The van der Waals surface area contributed by atoms with Crippen LogP contribution in [0.15, 0.2) is 12.1 Å². The Morgan fingerprint density at radius 3 is 1.68 bits per heavy atom. The molecular formula is C20H32O6S2. The first-order valence-corrected chi connectivity index (χ1v) is 9.90. The zero-order chi connectivity index (χ0) is 22.1. The lowest BCUT2D eigenvalue weighted by Crippen LogP contribution is -2.19. The van der Waals surface area contributed by atoms with Crippen molar-refractivity contribution in [3.63, 3.8) is 0 Å². The highest BCUT2D eigenvalue weighted by atomic mass is 32.1. The largest absolute Gasteiger partial charge is 0.478 e. The van der Waals surface area contributed by atoms with Gasteiger partial charge in [-0.3, -0.25) is 0 Å². The number of rotatable bonds is 9. The Kier molecular flexibility index (Phi) is 11.2. The summed E-state index contributed by atoms with van der Waals surface area (Å²) in [5.41, 5.74) is 1.21. The second kappa shape index (κ2) is 11.7. The van der Waals surface area contributed by atoms with Crippen molar-refractivity contribution in [2.45, 2.75) is 62.9 Å². The molecule has 0 saturated carbocycles. The van der Waals surface area contributed by atoms with E-state index in [4.69, 9.17) is 10.2 Å². The second-order valence-corrected chi connectivity index (χ2v) is 10.2. The average molecular weight is 433 g/mol. The normalized spacial score (nSPS) is 11.6. The minimum atomic E-state index is -1.22. The molecule has 1 rings (SSSR count). The first-order chi connectivity index (χ1) is 12.7. The summed E-state index contributed by atoms with van der Waals surface area (Å²) in [7, 11) is 0. The maximum Gasteiger partial charge on any atom is 0.336 e. The number of carboxylic acid groups (broad SMARTS) is 2. The van der Waals surface area contributed by atoms with Gasteiger partial charge in [0.1, 0.15) is 0 Å². The predicted octanol–water partition coefficient (Wildman–Crippen LogP) is 3.34. The Labute approximate surface area is 177 Å². The molecule has 0 radical (unpaired) electrons. The van der Waals surface area contributed by atoms with Gasteiger partial charge in [-0.1, -0.05) is 33.8 Å². The molecule has 160 valence electrons. The zero-order valence-electron chi connectivity index (χ0n) is 16.9. The number of hydrogen-bond acceptors (Lipinski definition) is 6. The number of carboxylic acids is 2. The number of aryl methyl sites for hydroxylation is 1. The first kappa shape index (κ1) is 26.8. The van der Waals surface area contributed by atoms with Crippen LogP contribution in [0.1, 0.15) is 72.4 Å². The number of aliphatic hydroxyl groups is 2. The zero-order valence-corrected chi connectivity index (χ0v) is 18.7. The molecule has 0 bridgehead atoms. The van der Waals surface area contributed by atoms with E-state index in [0.29, 0.717) is 24.8 Å². The third kappa shape index (κ3) is 10.4. The number of aliphatic hydroxyl groups excluding tert-OH is 2. The summed E-state index contributed by atoms with van der Waals surface area (Å²) in [5, 5.41) is 34.2. The van der Waals surface area contributed by atoms with E-state index in [1.165, 1.54) is 6.07 Å². The van der Waals surface area contributed by atoms with E-state index in [0.717, 1.165) is 12.0 Å². The molecule has 1 aromatic rings. The molecule has 8 heteroatoms. The van der Waals surface area contributed by atoms with Gasteiger partial charge >= 0.3 is 11.9 Å². The molecule has 0 atom stereocenters. The van der Waals surface area contributed by atoms with Crippen molar-refractivity contribution in [2.75, 3.05) is 13.2 Å². The van der Waals surface area contributed by atoms with E-state index >= 15 is 0 Å². The first-order valence-electron chi connectivity index (χ1n) is 9.01. The molecule has 0 aromatic heterocycles. The highest BCUT2D eigenvalue weighted by molar-refractivity contribution is 7.81. The van der Waals surface area contributed by atoms with Gasteiger partial charge in [-0.05, 0) is 42.9 Å². The Morgan fingerprint density at radius 1 is 0.857 bits per heavy atom. The van der Waals surface area contributed by atoms with Gasteiger partial charge in [0.05, 0.1) is 24.3 Å². The van der Waals surface area contributed by atoms with Crippen LogP contribution in [0.3, 0.4) is 0 Å². The summed E-state index contributed by atoms with van der Waals surface area (Å²) >= 11 is 9.01. The van der Waals surface area contributed by atoms with Crippen LogP contribution in [0.25, 0.3) is 0 Å². The van der Waals surface area contributed by atoms with Gasteiger partial charge in [0.2, 0.25) is 0 Å². The number of aromatic carboxylic acids is 2.